The third-order valence-electron chi connectivity index (χ3n) is 4.13. The standard InChI is InChI=1S/C23H29NO3/c1-17(22(26)27-23(2,3)4)15-20(18-11-7-5-8-12-18)24-21(16-25)19-13-9-6-10-14-19/h5-14,20-21,24-25H,1,15-16H2,2-4H3/t20-,21+/m1/s1. The molecule has 0 saturated heterocycles. The lowest BCUT2D eigenvalue weighted by atomic mass is 9.97. The predicted octanol–water partition coefficient (Wildman–Crippen LogP) is 4.34. The minimum absolute atomic E-state index is 0.0493. The number of carbonyl (C=O) groups excluding carboxylic acids is 1. The van der Waals surface area contributed by atoms with Gasteiger partial charge in [0.2, 0.25) is 0 Å². The molecule has 0 unspecified atom stereocenters. The molecule has 2 aromatic rings. The van der Waals surface area contributed by atoms with Crippen molar-refractivity contribution in [1.29, 1.82) is 0 Å². The van der Waals surface area contributed by atoms with Crippen LogP contribution in [0.4, 0.5) is 0 Å². The summed E-state index contributed by atoms with van der Waals surface area (Å²) >= 11 is 0. The summed E-state index contributed by atoms with van der Waals surface area (Å²) in [5.41, 5.74) is 1.85. The Morgan fingerprint density at radius 2 is 1.48 bits per heavy atom. The molecule has 4 heteroatoms. The van der Waals surface area contributed by atoms with Gasteiger partial charge in [-0.1, -0.05) is 67.2 Å². The van der Waals surface area contributed by atoms with Gasteiger partial charge in [-0.3, -0.25) is 0 Å². The number of aliphatic hydroxyl groups excluding tert-OH is 1. The maximum absolute atomic E-state index is 12.4. The predicted molar refractivity (Wildman–Crippen MR) is 108 cm³/mol. The third-order valence-corrected chi connectivity index (χ3v) is 4.13. The van der Waals surface area contributed by atoms with Crippen molar-refractivity contribution < 1.29 is 14.6 Å². The van der Waals surface area contributed by atoms with Crippen LogP contribution in [0.3, 0.4) is 0 Å². The van der Waals surface area contributed by atoms with E-state index in [1.807, 2.05) is 81.4 Å². The van der Waals surface area contributed by atoms with Crippen molar-refractivity contribution in [3.05, 3.63) is 83.9 Å². The van der Waals surface area contributed by atoms with Gasteiger partial charge in [0.25, 0.3) is 0 Å². The summed E-state index contributed by atoms with van der Waals surface area (Å²) in [6, 6.07) is 19.2. The number of rotatable bonds is 8. The van der Waals surface area contributed by atoms with E-state index >= 15 is 0 Å². The third kappa shape index (κ3) is 6.66. The van der Waals surface area contributed by atoms with Crippen LogP contribution >= 0.6 is 0 Å². The molecular weight excluding hydrogens is 338 g/mol. The zero-order valence-electron chi connectivity index (χ0n) is 16.3. The molecule has 0 bridgehead atoms. The smallest absolute Gasteiger partial charge is 0.333 e. The minimum Gasteiger partial charge on any atom is -0.457 e. The van der Waals surface area contributed by atoms with Crippen LogP contribution in [0.15, 0.2) is 72.8 Å². The van der Waals surface area contributed by atoms with E-state index in [-0.39, 0.29) is 18.7 Å². The quantitative estimate of drug-likeness (QED) is 0.538. The summed E-state index contributed by atoms with van der Waals surface area (Å²) in [5.74, 6) is -0.398. The van der Waals surface area contributed by atoms with E-state index in [1.165, 1.54) is 0 Å². The van der Waals surface area contributed by atoms with E-state index in [2.05, 4.69) is 11.9 Å². The lowest BCUT2D eigenvalue weighted by molar-refractivity contribution is -0.150. The van der Waals surface area contributed by atoms with E-state index in [0.717, 1.165) is 11.1 Å². The van der Waals surface area contributed by atoms with Crippen LogP contribution in [-0.2, 0) is 9.53 Å². The molecule has 4 nitrogen and oxygen atoms in total. The Balaban J connectivity index is 2.19. The zero-order valence-corrected chi connectivity index (χ0v) is 16.3. The molecule has 0 heterocycles. The van der Waals surface area contributed by atoms with Crippen molar-refractivity contribution >= 4 is 5.97 Å². The van der Waals surface area contributed by atoms with Gasteiger partial charge < -0.3 is 15.2 Å². The molecule has 0 spiro atoms. The second-order valence-electron chi connectivity index (χ2n) is 7.59. The Kier molecular flexibility index (Phi) is 7.34. The number of ether oxygens (including phenoxy) is 1. The van der Waals surface area contributed by atoms with Gasteiger partial charge in [0.05, 0.1) is 12.6 Å². The normalized spacial score (nSPS) is 13.6. The molecule has 0 aliphatic heterocycles. The first-order chi connectivity index (χ1) is 12.8. The molecule has 2 atom stereocenters. The number of aliphatic hydroxyl groups is 1. The van der Waals surface area contributed by atoms with Crippen LogP contribution in [0.25, 0.3) is 0 Å². The lowest BCUT2D eigenvalue weighted by Gasteiger charge is -2.27. The Hall–Kier alpha value is -2.43. The number of carbonyl (C=O) groups is 1. The summed E-state index contributed by atoms with van der Waals surface area (Å²) < 4.78 is 5.44. The lowest BCUT2D eigenvalue weighted by Crippen LogP contribution is -2.31. The fourth-order valence-corrected chi connectivity index (χ4v) is 2.82. The van der Waals surface area contributed by atoms with Crippen LogP contribution in [-0.4, -0.2) is 23.3 Å². The van der Waals surface area contributed by atoms with Crippen LogP contribution in [0.2, 0.25) is 0 Å². The highest BCUT2D eigenvalue weighted by Crippen LogP contribution is 2.26. The van der Waals surface area contributed by atoms with Crippen molar-refractivity contribution in [2.75, 3.05) is 6.61 Å². The molecular formula is C23H29NO3. The first kappa shape index (κ1) is 20.9. The highest BCUT2D eigenvalue weighted by atomic mass is 16.6. The first-order valence-electron chi connectivity index (χ1n) is 9.18. The number of hydrogen-bond acceptors (Lipinski definition) is 4. The maximum Gasteiger partial charge on any atom is 0.333 e. The van der Waals surface area contributed by atoms with E-state index in [0.29, 0.717) is 12.0 Å². The van der Waals surface area contributed by atoms with E-state index in [9.17, 15) is 9.90 Å². The SMILES string of the molecule is C=C(C[C@@H](N[C@@H](CO)c1ccccc1)c1ccccc1)C(=O)OC(C)(C)C. The zero-order chi connectivity index (χ0) is 19.9. The van der Waals surface area contributed by atoms with Crippen molar-refractivity contribution in [2.45, 2.75) is 44.9 Å². The van der Waals surface area contributed by atoms with Crippen LogP contribution in [0.5, 0.6) is 0 Å². The van der Waals surface area contributed by atoms with Crippen LogP contribution in [0, 0.1) is 0 Å². The molecule has 2 aromatic carbocycles. The Bertz CT molecular complexity index is 735. The molecule has 2 rings (SSSR count). The van der Waals surface area contributed by atoms with Gasteiger partial charge in [0, 0.05) is 11.6 Å². The average molecular weight is 367 g/mol. The fraction of sp³-hybridized carbons (Fsp3) is 0.348. The second-order valence-corrected chi connectivity index (χ2v) is 7.59. The van der Waals surface area contributed by atoms with Gasteiger partial charge in [-0.15, -0.1) is 0 Å². The summed E-state index contributed by atoms with van der Waals surface area (Å²) in [6.07, 6.45) is 0.391. The van der Waals surface area contributed by atoms with Gasteiger partial charge in [-0.2, -0.15) is 0 Å². The fourth-order valence-electron chi connectivity index (χ4n) is 2.82. The summed E-state index contributed by atoms with van der Waals surface area (Å²) in [4.78, 5) is 12.4. The van der Waals surface area contributed by atoms with Gasteiger partial charge in [0.15, 0.2) is 0 Å². The van der Waals surface area contributed by atoms with E-state index < -0.39 is 11.6 Å². The van der Waals surface area contributed by atoms with E-state index in [1.54, 1.807) is 0 Å². The molecule has 0 aliphatic carbocycles. The molecule has 27 heavy (non-hydrogen) atoms. The highest BCUT2D eigenvalue weighted by Gasteiger charge is 2.24. The van der Waals surface area contributed by atoms with Crippen molar-refractivity contribution in [1.82, 2.24) is 5.32 Å². The van der Waals surface area contributed by atoms with Gasteiger partial charge in [0.1, 0.15) is 5.60 Å². The molecule has 0 aromatic heterocycles. The monoisotopic (exact) mass is 367 g/mol. The second kappa shape index (κ2) is 9.49. The number of esters is 1. The topological polar surface area (TPSA) is 58.6 Å². The Morgan fingerprint density at radius 1 is 1.00 bits per heavy atom. The maximum atomic E-state index is 12.4. The molecule has 0 aliphatic rings. The van der Waals surface area contributed by atoms with Crippen molar-refractivity contribution in [3.63, 3.8) is 0 Å². The highest BCUT2D eigenvalue weighted by molar-refractivity contribution is 5.88. The average Bonchev–Trinajstić information content (AvgIpc) is 2.65. The molecule has 2 N–H and O–H groups in total. The molecule has 0 amide bonds. The largest absolute Gasteiger partial charge is 0.457 e. The number of hydrogen-bond donors (Lipinski definition) is 2. The number of nitrogens with one attached hydrogen (secondary N) is 1. The Morgan fingerprint density at radius 3 is 1.93 bits per heavy atom. The van der Waals surface area contributed by atoms with Gasteiger partial charge in [-0.25, -0.2) is 4.79 Å². The molecule has 0 fully saturated rings. The Labute approximate surface area is 161 Å². The molecule has 144 valence electrons. The van der Waals surface area contributed by atoms with Crippen molar-refractivity contribution in [2.24, 2.45) is 0 Å². The van der Waals surface area contributed by atoms with E-state index in [4.69, 9.17) is 4.74 Å². The summed E-state index contributed by atoms with van der Waals surface area (Å²) in [5, 5.41) is 13.4. The minimum atomic E-state index is -0.562. The first-order valence-corrected chi connectivity index (χ1v) is 9.18. The molecule has 0 radical (unpaired) electrons. The summed E-state index contributed by atoms with van der Waals surface area (Å²) in [7, 11) is 0. The van der Waals surface area contributed by atoms with Gasteiger partial charge in [-0.05, 0) is 38.3 Å². The molecule has 0 saturated carbocycles. The summed E-state index contributed by atoms with van der Waals surface area (Å²) in [6.45, 7) is 9.39. The van der Waals surface area contributed by atoms with Crippen molar-refractivity contribution in [3.8, 4) is 0 Å². The number of benzene rings is 2. The van der Waals surface area contributed by atoms with Gasteiger partial charge >= 0.3 is 5.97 Å². The van der Waals surface area contributed by atoms with Crippen LogP contribution in [0.1, 0.15) is 50.4 Å². The van der Waals surface area contributed by atoms with Crippen LogP contribution < -0.4 is 5.32 Å².